The molecule has 1 saturated heterocycles. The van der Waals surface area contributed by atoms with E-state index in [2.05, 4.69) is 36.9 Å². The molecule has 3 nitrogen and oxygen atoms in total. The van der Waals surface area contributed by atoms with Crippen molar-refractivity contribution in [3.05, 3.63) is 29.3 Å². The fourth-order valence-corrected chi connectivity index (χ4v) is 2.16. The van der Waals surface area contributed by atoms with E-state index in [1.165, 1.54) is 11.1 Å². The first-order chi connectivity index (χ1) is 8.15. The second-order valence-corrected chi connectivity index (χ2v) is 4.86. The molecule has 0 radical (unpaired) electrons. The maximum Gasteiger partial charge on any atom is 0.122 e. The Hall–Kier alpha value is -1.06. The smallest absolute Gasteiger partial charge is 0.122 e. The number of ether oxygens (including phenoxy) is 1. The van der Waals surface area contributed by atoms with Gasteiger partial charge in [0, 0.05) is 19.6 Å². The van der Waals surface area contributed by atoms with Crippen LogP contribution in [0.5, 0.6) is 5.75 Å². The van der Waals surface area contributed by atoms with Crippen LogP contribution in [0.25, 0.3) is 0 Å². The van der Waals surface area contributed by atoms with Gasteiger partial charge in [-0.25, -0.2) is 0 Å². The third-order valence-corrected chi connectivity index (χ3v) is 3.26. The first-order valence-corrected chi connectivity index (χ1v) is 6.25. The average molecular weight is 235 g/mol. The summed E-state index contributed by atoms with van der Waals surface area (Å²) in [6.45, 7) is 7.49. The summed E-state index contributed by atoms with van der Waals surface area (Å²) in [5.74, 6) is 0.977. The highest BCUT2D eigenvalue weighted by Crippen LogP contribution is 2.19. The van der Waals surface area contributed by atoms with Gasteiger partial charge < -0.3 is 9.84 Å². The lowest BCUT2D eigenvalue weighted by atomic mass is 10.1. The van der Waals surface area contributed by atoms with Crippen molar-refractivity contribution in [1.82, 2.24) is 4.90 Å². The SMILES string of the molecule is Cc1ccc(C)c(OCCN2CC[C@H](O)C2)c1. The van der Waals surface area contributed by atoms with Crippen molar-refractivity contribution in [2.45, 2.75) is 26.4 Å². The summed E-state index contributed by atoms with van der Waals surface area (Å²) in [5.41, 5.74) is 2.40. The molecule has 0 aromatic heterocycles. The molecule has 1 atom stereocenters. The molecule has 1 heterocycles. The number of rotatable bonds is 4. The van der Waals surface area contributed by atoms with Gasteiger partial charge in [0.05, 0.1) is 6.10 Å². The van der Waals surface area contributed by atoms with Crippen LogP contribution in [0.4, 0.5) is 0 Å². The summed E-state index contributed by atoms with van der Waals surface area (Å²) in [4.78, 5) is 2.25. The molecular formula is C14H21NO2. The topological polar surface area (TPSA) is 32.7 Å². The Labute approximate surface area is 103 Å². The molecule has 1 aromatic carbocycles. The zero-order valence-corrected chi connectivity index (χ0v) is 10.6. The van der Waals surface area contributed by atoms with Crippen molar-refractivity contribution in [2.75, 3.05) is 26.2 Å². The van der Waals surface area contributed by atoms with E-state index in [1.54, 1.807) is 0 Å². The van der Waals surface area contributed by atoms with E-state index in [-0.39, 0.29) is 6.10 Å². The third-order valence-electron chi connectivity index (χ3n) is 3.26. The molecule has 1 aliphatic rings. The molecule has 0 aliphatic carbocycles. The first-order valence-electron chi connectivity index (χ1n) is 6.25. The van der Waals surface area contributed by atoms with E-state index < -0.39 is 0 Å². The van der Waals surface area contributed by atoms with Gasteiger partial charge in [0.15, 0.2) is 0 Å². The molecular weight excluding hydrogens is 214 g/mol. The van der Waals surface area contributed by atoms with Crippen LogP contribution >= 0.6 is 0 Å². The molecule has 0 saturated carbocycles. The molecule has 3 heteroatoms. The van der Waals surface area contributed by atoms with Crippen LogP contribution in [0, 0.1) is 13.8 Å². The Morgan fingerprint density at radius 1 is 1.41 bits per heavy atom. The van der Waals surface area contributed by atoms with Crippen LogP contribution < -0.4 is 4.74 Å². The highest BCUT2D eigenvalue weighted by molar-refractivity contribution is 5.35. The quantitative estimate of drug-likeness (QED) is 0.863. The molecule has 0 unspecified atom stereocenters. The van der Waals surface area contributed by atoms with Crippen molar-refractivity contribution in [1.29, 1.82) is 0 Å². The lowest BCUT2D eigenvalue weighted by molar-refractivity contribution is 0.167. The second kappa shape index (κ2) is 5.52. The Morgan fingerprint density at radius 2 is 2.24 bits per heavy atom. The lowest BCUT2D eigenvalue weighted by Gasteiger charge is -2.16. The predicted molar refractivity (Wildman–Crippen MR) is 68.5 cm³/mol. The van der Waals surface area contributed by atoms with E-state index >= 15 is 0 Å². The van der Waals surface area contributed by atoms with Crippen LogP contribution in [0.15, 0.2) is 18.2 Å². The van der Waals surface area contributed by atoms with Gasteiger partial charge in [-0.15, -0.1) is 0 Å². The number of likely N-dealkylation sites (tertiary alicyclic amines) is 1. The summed E-state index contributed by atoms with van der Waals surface area (Å²) < 4.78 is 5.79. The molecule has 1 N–H and O–H groups in total. The number of aliphatic hydroxyl groups is 1. The van der Waals surface area contributed by atoms with Crippen molar-refractivity contribution >= 4 is 0 Å². The number of benzene rings is 1. The van der Waals surface area contributed by atoms with Crippen molar-refractivity contribution in [3.8, 4) is 5.75 Å². The second-order valence-electron chi connectivity index (χ2n) is 4.86. The van der Waals surface area contributed by atoms with Crippen molar-refractivity contribution in [3.63, 3.8) is 0 Å². The minimum absolute atomic E-state index is 0.143. The normalized spacial score (nSPS) is 20.8. The number of aliphatic hydroxyl groups excluding tert-OH is 1. The van der Waals surface area contributed by atoms with E-state index in [0.29, 0.717) is 6.61 Å². The van der Waals surface area contributed by atoms with Crippen LogP contribution in [-0.2, 0) is 0 Å². The van der Waals surface area contributed by atoms with Gasteiger partial charge in [0.1, 0.15) is 12.4 Å². The fraction of sp³-hybridized carbons (Fsp3) is 0.571. The zero-order chi connectivity index (χ0) is 12.3. The maximum atomic E-state index is 9.41. The zero-order valence-electron chi connectivity index (χ0n) is 10.6. The van der Waals surface area contributed by atoms with Gasteiger partial charge in [-0.2, -0.15) is 0 Å². The molecule has 2 rings (SSSR count). The Bertz CT molecular complexity index is 378. The summed E-state index contributed by atoms with van der Waals surface area (Å²) in [7, 11) is 0. The lowest BCUT2D eigenvalue weighted by Crippen LogP contribution is -2.27. The standard InChI is InChI=1S/C14H21NO2/c1-11-3-4-12(2)14(9-11)17-8-7-15-6-5-13(16)10-15/h3-4,9,13,16H,5-8,10H2,1-2H3/t13-/m0/s1. The minimum atomic E-state index is -0.143. The average Bonchev–Trinajstić information content (AvgIpc) is 2.69. The van der Waals surface area contributed by atoms with E-state index in [0.717, 1.165) is 31.8 Å². The van der Waals surface area contributed by atoms with Gasteiger partial charge in [-0.1, -0.05) is 12.1 Å². The highest BCUT2D eigenvalue weighted by Gasteiger charge is 2.19. The minimum Gasteiger partial charge on any atom is -0.492 e. The Kier molecular flexibility index (Phi) is 4.02. The summed E-state index contributed by atoms with van der Waals surface area (Å²) in [6, 6.07) is 6.26. The van der Waals surface area contributed by atoms with Crippen LogP contribution in [0.2, 0.25) is 0 Å². The van der Waals surface area contributed by atoms with Crippen LogP contribution in [0.3, 0.4) is 0 Å². The van der Waals surface area contributed by atoms with Crippen molar-refractivity contribution in [2.24, 2.45) is 0 Å². The largest absolute Gasteiger partial charge is 0.492 e. The van der Waals surface area contributed by atoms with E-state index in [1.807, 2.05) is 0 Å². The number of β-amino-alcohol motifs (C(OH)–C–C–N with tert-alkyl or cyclic N) is 1. The Balaban J connectivity index is 1.80. The van der Waals surface area contributed by atoms with Gasteiger partial charge in [-0.3, -0.25) is 4.90 Å². The molecule has 0 spiro atoms. The first kappa shape index (κ1) is 12.4. The number of hydrogen-bond donors (Lipinski definition) is 1. The monoisotopic (exact) mass is 235 g/mol. The third kappa shape index (κ3) is 3.45. The van der Waals surface area contributed by atoms with Crippen molar-refractivity contribution < 1.29 is 9.84 Å². The van der Waals surface area contributed by atoms with E-state index in [9.17, 15) is 5.11 Å². The maximum absolute atomic E-state index is 9.41. The number of hydrogen-bond acceptors (Lipinski definition) is 3. The molecule has 1 aliphatic heterocycles. The van der Waals surface area contributed by atoms with Gasteiger partial charge in [0.25, 0.3) is 0 Å². The number of aryl methyl sites for hydroxylation is 2. The molecule has 1 fully saturated rings. The fourth-order valence-electron chi connectivity index (χ4n) is 2.16. The molecule has 0 amide bonds. The van der Waals surface area contributed by atoms with Gasteiger partial charge >= 0.3 is 0 Å². The summed E-state index contributed by atoms with van der Waals surface area (Å²) in [5, 5.41) is 9.41. The molecule has 17 heavy (non-hydrogen) atoms. The van der Waals surface area contributed by atoms with Crippen LogP contribution in [0.1, 0.15) is 17.5 Å². The van der Waals surface area contributed by atoms with Crippen LogP contribution in [-0.4, -0.2) is 42.4 Å². The predicted octanol–water partition coefficient (Wildman–Crippen LogP) is 1.75. The summed E-state index contributed by atoms with van der Waals surface area (Å²) >= 11 is 0. The van der Waals surface area contributed by atoms with Gasteiger partial charge in [0.2, 0.25) is 0 Å². The summed E-state index contributed by atoms with van der Waals surface area (Å²) in [6.07, 6.45) is 0.749. The molecule has 1 aromatic rings. The highest BCUT2D eigenvalue weighted by atomic mass is 16.5. The molecule has 94 valence electrons. The van der Waals surface area contributed by atoms with Gasteiger partial charge in [-0.05, 0) is 37.5 Å². The molecule has 0 bridgehead atoms. The Morgan fingerprint density at radius 3 is 2.94 bits per heavy atom. The number of nitrogens with zero attached hydrogens (tertiary/aromatic N) is 1. The van der Waals surface area contributed by atoms with E-state index in [4.69, 9.17) is 4.74 Å².